The maximum absolute atomic E-state index is 11.0. The first-order chi connectivity index (χ1) is 7.99. The van der Waals surface area contributed by atoms with Crippen LogP contribution in [0.2, 0.25) is 0 Å². The van der Waals surface area contributed by atoms with Crippen LogP contribution in [0.4, 0.5) is 0 Å². The smallest absolute Gasteiger partial charge is 0.303 e. The molecule has 0 radical (unpaired) electrons. The van der Waals surface area contributed by atoms with Crippen molar-refractivity contribution in [3.63, 3.8) is 0 Å². The van der Waals surface area contributed by atoms with Gasteiger partial charge in [0.25, 0.3) is 0 Å². The van der Waals surface area contributed by atoms with Crippen LogP contribution in [-0.4, -0.2) is 18.5 Å². The third kappa shape index (κ3) is 4.68. The van der Waals surface area contributed by atoms with Crippen LogP contribution >= 0.6 is 0 Å². The zero-order chi connectivity index (χ0) is 12.8. The molecular formula is C13H16O4. The molecule has 0 bridgehead atoms. The van der Waals surface area contributed by atoms with Crippen LogP contribution < -0.4 is 0 Å². The van der Waals surface area contributed by atoms with Gasteiger partial charge in [0.15, 0.2) is 6.10 Å². The molecule has 1 rings (SSSR count). The van der Waals surface area contributed by atoms with Crippen LogP contribution in [0.5, 0.6) is 0 Å². The standard InChI is InChI=1S/C13H16O4/c1-9-4-6-12(7-5-9)13(17-11(3)15)8-16-10(2)14/h4-7,13H,8H2,1-3H3. The summed E-state index contributed by atoms with van der Waals surface area (Å²) in [6.45, 7) is 4.66. The Bertz CT molecular complexity index is 394. The Morgan fingerprint density at radius 2 is 1.71 bits per heavy atom. The Labute approximate surface area is 101 Å². The van der Waals surface area contributed by atoms with Crippen molar-refractivity contribution in [2.75, 3.05) is 6.61 Å². The number of carbonyl (C=O) groups excluding carboxylic acids is 2. The van der Waals surface area contributed by atoms with Crippen molar-refractivity contribution in [1.82, 2.24) is 0 Å². The van der Waals surface area contributed by atoms with Gasteiger partial charge in [-0.15, -0.1) is 0 Å². The van der Waals surface area contributed by atoms with E-state index >= 15 is 0 Å². The van der Waals surface area contributed by atoms with E-state index in [4.69, 9.17) is 9.47 Å². The molecule has 0 saturated heterocycles. The molecule has 4 nitrogen and oxygen atoms in total. The van der Waals surface area contributed by atoms with Gasteiger partial charge >= 0.3 is 11.9 Å². The molecule has 1 aromatic carbocycles. The van der Waals surface area contributed by atoms with E-state index < -0.39 is 18.0 Å². The lowest BCUT2D eigenvalue weighted by atomic mass is 10.1. The van der Waals surface area contributed by atoms with Gasteiger partial charge in [-0.1, -0.05) is 29.8 Å². The van der Waals surface area contributed by atoms with Gasteiger partial charge in [-0.25, -0.2) is 0 Å². The number of rotatable bonds is 4. The van der Waals surface area contributed by atoms with Gasteiger partial charge in [0.2, 0.25) is 0 Å². The van der Waals surface area contributed by atoms with Crippen LogP contribution in [0.3, 0.4) is 0 Å². The highest BCUT2D eigenvalue weighted by Crippen LogP contribution is 2.18. The minimum atomic E-state index is -0.544. The zero-order valence-corrected chi connectivity index (χ0v) is 10.2. The van der Waals surface area contributed by atoms with Gasteiger partial charge < -0.3 is 9.47 Å². The third-order valence-electron chi connectivity index (χ3n) is 2.20. The molecule has 1 atom stereocenters. The third-order valence-corrected chi connectivity index (χ3v) is 2.20. The molecular weight excluding hydrogens is 220 g/mol. The first kappa shape index (κ1) is 13.2. The average molecular weight is 236 g/mol. The van der Waals surface area contributed by atoms with Gasteiger partial charge in [-0.05, 0) is 12.5 Å². The molecule has 92 valence electrons. The fourth-order valence-electron chi connectivity index (χ4n) is 1.37. The summed E-state index contributed by atoms with van der Waals surface area (Å²) in [4.78, 5) is 21.7. The van der Waals surface area contributed by atoms with Crippen molar-refractivity contribution in [3.8, 4) is 0 Å². The Kier molecular flexibility index (Phi) is 4.69. The lowest BCUT2D eigenvalue weighted by molar-refractivity contribution is -0.156. The van der Waals surface area contributed by atoms with Gasteiger partial charge in [-0.2, -0.15) is 0 Å². The van der Waals surface area contributed by atoms with Crippen LogP contribution in [0.1, 0.15) is 31.1 Å². The lowest BCUT2D eigenvalue weighted by Crippen LogP contribution is -2.16. The van der Waals surface area contributed by atoms with E-state index in [2.05, 4.69) is 0 Å². The van der Waals surface area contributed by atoms with Gasteiger partial charge in [0.1, 0.15) is 6.61 Å². The molecule has 17 heavy (non-hydrogen) atoms. The summed E-state index contributed by atoms with van der Waals surface area (Å²) < 4.78 is 9.98. The monoisotopic (exact) mass is 236 g/mol. The number of aryl methyl sites for hydroxylation is 1. The Hall–Kier alpha value is -1.84. The van der Waals surface area contributed by atoms with Crippen molar-refractivity contribution in [1.29, 1.82) is 0 Å². The van der Waals surface area contributed by atoms with Crippen LogP contribution in [0.25, 0.3) is 0 Å². The number of hydrogen-bond donors (Lipinski definition) is 0. The molecule has 1 unspecified atom stereocenters. The molecule has 1 aromatic rings. The maximum Gasteiger partial charge on any atom is 0.303 e. The molecule has 4 heteroatoms. The minimum Gasteiger partial charge on any atom is -0.462 e. The van der Waals surface area contributed by atoms with Crippen molar-refractivity contribution < 1.29 is 19.1 Å². The predicted octanol–water partition coefficient (Wildman–Crippen LogP) is 2.16. The summed E-state index contributed by atoms with van der Waals surface area (Å²) in [6.07, 6.45) is -0.544. The van der Waals surface area contributed by atoms with E-state index in [0.29, 0.717) is 0 Å². The first-order valence-corrected chi connectivity index (χ1v) is 5.36. The largest absolute Gasteiger partial charge is 0.462 e. The molecule has 0 saturated carbocycles. The second-order valence-electron chi connectivity index (χ2n) is 3.81. The van der Waals surface area contributed by atoms with E-state index in [1.54, 1.807) is 0 Å². The Morgan fingerprint density at radius 3 is 2.18 bits per heavy atom. The molecule has 0 aliphatic carbocycles. The summed E-state index contributed by atoms with van der Waals surface area (Å²) in [5.41, 5.74) is 1.93. The highest BCUT2D eigenvalue weighted by atomic mass is 16.6. The summed E-state index contributed by atoms with van der Waals surface area (Å²) in [5, 5.41) is 0. The Morgan fingerprint density at radius 1 is 1.12 bits per heavy atom. The minimum absolute atomic E-state index is 0.0397. The van der Waals surface area contributed by atoms with E-state index in [-0.39, 0.29) is 6.61 Å². The zero-order valence-electron chi connectivity index (χ0n) is 10.2. The number of hydrogen-bond acceptors (Lipinski definition) is 4. The SMILES string of the molecule is CC(=O)OCC(OC(C)=O)c1ccc(C)cc1. The molecule has 0 spiro atoms. The molecule has 0 aromatic heterocycles. The van der Waals surface area contributed by atoms with Crippen LogP contribution in [0.15, 0.2) is 24.3 Å². The highest BCUT2D eigenvalue weighted by Gasteiger charge is 2.16. The van der Waals surface area contributed by atoms with Crippen molar-refractivity contribution in [3.05, 3.63) is 35.4 Å². The van der Waals surface area contributed by atoms with Crippen molar-refractivity contribution in [2.24, 2.45) is 0 Å². The normalized spacial score (nSPS) is 11.7. The van der Waals surface area contributed by atoms with Gasteiger partial charge in [0, 0.05) is 13.8 Å². The molecule has 0 amide bonds. The topological polar surface area (TPSA) is 52.6 Å². The lowest BCUT2D eigenvalue weighted by Gasteiger charge is -2.17. The van der Waals surface area contributed by atoms with E-state index in [1.165, 1.54) is 13.8 Å². The molecule has 0 fully saturated rings. The first-order valence-electron chi connectivity index (χ1n) is 5.36. The van der Waals surface area contributed by atoms with Crippen molar-refractivity contribution in [2.45, 2.75) is 26.9 Å². The van der Waals surface area contributed by atoms with E-state index in [1.807, 2.05) is 31.2 Å². The number of esters is 2. The summed E-state index contributed by atoms with van der Waals surface area (Å²) >= 11 is 0. The van der Waals surface area contributed by atoms with E-state index in [0.717, 1.165) is 11.1 Å². The van der Waals surface area contributed by atoms with Gasteiger partial charge in [0.05, 0.1) is 0 Å². The molecule has 0 heterocycles. The number of ether oxygens (including phenoxy) is 2. The van der Waals surface area contributed by atoms with Crippen LogP contribution in [0, 0.1) is 6.92 Å². The fourth-order valence-corrected chi connectivity index (χ4v) is 1.37. The van der Waals surface area contributed by atoms with E-state index in [9.17, 15) is 9.59 Å². The van der Waals surface area contributed by atoms with Crippen LogP contribution in [-0.2, 0) is 19.1 Å². The van der Waals surface area contributed by atoms with Gasteiger partial charge in [-0.3, -0.25) is 9.59 Å². The second kappa shape index (κ2) is 6.03. The average Bonchev–Trinajstić information content (AvgIpc) is 2.25. The maximum atomic E-state index is 11.0. The second-order valence-corrected chi connectivity index (χ2v) is 3.81. The Balaban J connectivity index is 2.77. The van der Waals surface area contributed by atoms with Crippen molar-refractivity contribution >= 4 is 11.9 Å². The summed E-state index contributed by atoms with van der Waals surface area (Å²) in [6, 6.07) is 7.54. The highest BCUT2D eigenvalue weighted by molar-refractivity contribution is 5.67. The molecule has 0 aliphatic heterocycles. The predicted molar refractivity (Wildman–Crippen MR) is 62.3 cm³/mol. The molecule has 0 N–H and O–H groups in total. The summed E-state index contributed by atoms with van der Waals surface area (Å²) in [7, 11) is 0. The molecule has 0 aliphatic rings. The number of benzene rings is 1. The fraction of sp³-hybridized carbons (Fsp3) is 0.385. The quantitative estimate of drug-likeness (QED) is 0.752. The number of carbonyl (C=O) groups is 2. The summed E-state index contributed by atoms with van der Waals surface area (Å²) in [5.74, 6) is -0.794.